The Bertz CT molecular complexity index is 1140. The van der Waals surface area contributed by atoms with E-state index in [9.17, 15) is 4.79 Å². The highest BCUT2D eigenvalue weighted by molar-refractivity contribution is 5.96. The number of rotatable bonds is 4. The van der Waals surface area contributed by atoms with Crippen LogP contribution < -0.4 is 11.3 Å². The van der Waals surface area contributed by atoms with Gasteiger partial charge in [0.1, 0.15) is 0 Å². The van der Waals surface area contributed by atoms with Gasteiger partial charge in [-0.2, -0.15) is 0 Å². The van der Waals surface area contributed by atoms with Crippen molar-refractivity contribution in [1.29, 1.82) is 0 Å². The molecule has 0 spiro atoms. The highest BCUT2D eigenvalue weighted by Gasteiger charge is 2.14. The number of aryl methyl sites for hydroxylation is 1. The molecule has 4 aromatic rings. The molecule has 0 aliphatic rings. The van der Waals surface area contributed by atoms with Crippen LogP contribution in [-0.4, -0.2) is 4.57 Å². The van der Waals surface area contributed by atoms with Crippen LogP contribution in [0.15, 0.2) is 83.7 Å². The minimum Gasteiger partial charge on any atom is -0.326 e. The summed E-state index contributed by atoms with van der Waals surface area (Å²) >= 11 is 0. The lowest BCUT2D eigenvalue weighted by Crippen LogP contribution is -2.22. The van der Waals surface area contributed by atoms with Gasteiger partial charge in [-0.05, 0) is 46.7 Å². The Morgan fingerprint density at radius 2 is 1.63 bits per heavy atom. The van der Waals surface area contributed by atoms with Crippen LogP contribution in [-0.2, 0) is 13.0 Å². The van der Waals surface area contributed by atoms with Gasteiger partial charge in [-0.15, -0.1) is 0 Å². The Morgan fingerprint density at radius 3 is 2.30 bits per heavy atom. The summed E-state index contributed by atoms with van der Waals surface area (Å²) in [5.74, 6) is 0. The maximum absolute atomic E-state index is 13.6. The van der Waals surface area contributed by atoms with Gasteiger partial charge < -0.3 is 5.73 Å². The summed E-state index contributed by atoms with van der Waals surface area (Å²) in [6.07, 6.45) is 0.787. The van der Waals surface area contributed by atoms with E-state index in [-0.39, 0.29) is 5.56 Å². The lowest BCUT2D eigenvalue weighted by Gasteiger charge is -2.15. The van der Waals surface area contributed by atoms with Gasteiger partial charge in [-0.1, -0.05) is 67.6 Å². The molecule has 134 valence electrons. The first-order valence-corrected chi connectivity index (χ1v) is 9.25. The summed E-state index contributed by atoms with van der Waals surface area (Å²) in [6.45, 7) is 2.59. The van der Waals surface area contributed by atoms with Crippen molar-refractivity contribution in [3.05, 3.63) is 100 Å². The van der Waals surface area contributed by atoms with E-state index in [1.54, 1.807) is 0 Å². The molecule has 0 saturated heterocycles. The fourth-order valence-corrected chi connectivity index (χ4v) is 3.60. The summed E-state index contributed by atoms with van der Waals surface area (Å²) in [6, 6.07) is 26.1. The summed E-state index contributed by atoms with van der Waals surface area (Å²) in [4.78, 5) is 13.6. The molecule has 3 aromatic carbocycles. The summed E-state index contributed by atoms with van der Waals surface area (Å²) in [5.41, 5.74) is 10.7. The second-order valence-corrected chi connectivity index (χ2v) is 6.64. The predicted octanol–water partition coefficient (Wildman–Crippen LogP) is 4.68. The molecule has 0 amide bonds. The van der Waals surface area contributed by atoms with Gasteiger partial charge in [-0.3, -0.25) is 9.36 Å². The maximum atomic E-state index is 13.6. The molecule has 1 heterocycles. The van der Waals surface area contributed by atoms with Crippen LogP contribution in [0.5, 0.6) is 0 Å². The molecule has 0 unspecified atom stereocenters. The Labute approximate surface area is 158 Å². The molecule has 0 atom stereocenters. The van der Waals surface area contributed by atoms with Gasteiger partial charge in [0.15, 0.2) is 0 Å². The first-order valence-electron chi connectivity index (χ1n) is 9.25. The lowest BCUT2D eigenvalue weighted by atomic mass is 9.97. The van der Waals surface area contributed by atoms with Crippen molar-refractivity contribution >= 4 is 10.8 Å². The zero-order valence-corrected chi connectivity index (χ0v) is 15.4. The van der Waals surface area contributed by atoms with Crippen LogP contribution in [0.1, 0.15) is 18.2 Å². The third-order valence-corrected chi connectivity index (χ3v) is 5.00. The molecule has 3 heteroatoms. The standard InChI is InChI=1S/C24H22N2O/c1-2-20-15-19-7-6-10-22(18-13-11-17(16-25)12-14-18)23(19)24(27)26(20)21-8-4-3-5-9-21/h3-15H,2,16,25H2,1H3. The van der Waals surface area contributed by atoms with Crippen LogP contribution in [0.25, 0.3) is 27.6 Å². The van der Waals surface area contributed by atoms with Crippen molar-refractivity contribution in [2.45, 2.75) is 19.9 Å². The van der Waals surface area contributed by atoms with E-state index >= 15 is 0 Å². The quantitative estimate of drug-likeness (QED) is 0.578. The average Bonchev–Trinajstić information content (AvgIpc) is 2.73. The Balaban J connectivity index is 2.03. The van der Waals surface area contributed by atoms with Crippen LogP contribution in [0, 0.1) is 0 Å². The SMILES string of the molecule is CCc1cc2cccc(-c3ccc(CN)cc3)c2c(=O)n1-c1ccccc1. The summed E-state index contributed by atoms with van der Waals surface area (Å²) in [7, 11) is 0. The smallest absolute Gasteiger partial charge is 0.263 e. The number of hydrogen-bond acceptors (Lipinski definition) is 2. The van der Waals surface area contributed by atoms with E-state index in [1.807, 2.05) is 77.4 Å². The van der Waals surface area contributed by atoms with E-state index in [2.05, 4.69) is 13.0 Å². The molecular formula is C24H22N2O. The monoisotopic (exact) mass is 354 g/mol. The van der Waals surface area contributed by atoms with Gasteiger partial charge in [0.2, 0.25) is 0 Å². The number of para-hydroxylation sites is 1. The fourth-order valence-electron chi connectivity index (χ4n) is 3.60. The molecular weight excluding hydrogens is 332 g/mol. The van der Waals surface area contributed by atoms with Gasteiger partial charge in [0.05, 0.1) is 5.39 Å². The van der Waals surface area contributed by atoms with E-state index in [0.717, 1.165) is 45.3 Å². The first-order chi connectivity index (χ1) is 13.2. The number of hydrogen-bond donors (Lipinski definition) is 1. The summed E-state index contributed by atoms with van der Waals surface area (Å²) in [5, 5.41) is 1.73. The zero-order chi connectivity index (χ0) is 18.8. The minimum atomic E-state index is 0.0223. The van der Waals surface area contributed by atoms with E-state index < -0.39 is 0 Å². The molecule has 0 aliphatic heterocycles. The predicted molar refractivity (Wildman–Crippen MR) is 112 cm³/mol. The molecule has 1 aromatic heterocycles. The third-order valence-electron chi connectivity index (χ3n) is 5.00. The van der Waals surface area contributed by atoms with Crippen molar-refractivity contribution in [3.63, 3.8) is 0 Å². The molecule has 0 saturated carbocycles. The molecule has 3 nitrogen and oxygen atoms in total. The van der Waals surface area contributed by atoms with Gasteiger partial charge in [0, 0.05) is 17.9 Å². The second kappa shape index (κ2) is 7.22. The van der Waals surface area contributed by atoms with Crippen LogP contribution >= 0.6 is 0 Å². The average molecular weight is 354 g/mol. The van der Waals surface area contributed by atoms with Crippen LogP contribution in [0.3, 0.4) is 0 Å². The summed E-state index contributed by atoms with van der Waals surface area (Å²) < 4.78 is 1.83. The zero-order valence-electron chi connectivity index (χ0n) is 15.4. The van der Waals surface area contributed by atoms with Crippen molar-refractivity contribution in [1.82, 2.24) is 4.57 Å². The Hall–Kier alpha value is -3.17. The van der Waals surface area contributed by atoms with E-state index in [1.165, 1.54) is 0 Å². The van der Waals surface area contributed by atoms with Gasteiger partial charge in [-0.25, -0.2) is 0 Å². The molecule has 4 rings (SSSR count). The van der Waals surface area contributed by atoms with Crippen molar-refractivity contribution in [2.24, 2.45) is 5.73 Å². The first kappa shape index (κ1) is 17.3. The minimum absolute atomic E-state index is 0.0223. The topological polar surface area (TPSA) is 48.0 Å². The largest absolute Gasteiger partial charge is 0.326 e. The highest BCUT2D eigenvalue weighted by Crippen LogP contribution is 2.28. The van der Waals surface area contributed by atoms with Crippen LogP contribution in [0.2, 0.25) is 0 Å². The maximum Gasteiger partial charge on any atom is 0.263 e. The highest BCUT2D eigenvalue weighted by atomic mass is 16.1. The van der Waals surface area contributed by atoms with Crippen LogP contribution in [0.4, 0.5) is 0 Å². The van der Waals surface area contributed by atoms with Crippen molar-refractivity contribution in [3.8, 4) is 16.8 Å². The number of pyridine rings is 1. The second-order valence-electron chi connectivity index (χ2n) is 6.64. The number of fused-ring (bicyclic) bond motifs is 1. The number of nitrogens with zero attached hydrogens (tertiary/aromatic N) is 1. The van der Waals surface area contributed by atoms with E-state index in [4.69, 9.17) is 5.73 Å². The fraction of sp³-hybridized carbons (Fsp3) is 0.125. The van der Waals surface area contributed by atoms with E-state index in [0.29, 0.717) is 6.54 Å². The van der Waals surface area contributed by atoms with Gasteiger partial charge >= 0.3 is 0 Å². The molecule has 0 bridgehead atoms. The van der Waals surface area contributed by atoms with Crippen molar-refractivity contribution in [2.75, 3.05) is 0 Å². The Morgan fingerprint density at radius 1 is 0.889 bits per heavy atom. The molecule has 27 heavy (non-hydrogen) atoms. The normalized spacial score (nSPS) is 11.0. The van der Waals surface area contributed by atoms with Gasteiger partial charge in [0.25, 0.3) is 5.56 Å². The number of aromatic nitrogens is 1. The lowest BCUT2D eigenvalue weighted by molar-refractivity contribution is 0.889. The third kappa shape index (κ3) is 3.07. The van der Waals surface area contributed by atoms with Crippen molar-refractivity contribution < 1.29 is 0 Å². The Kier molecular flexibility index (Phi) is 4.61. The number of nitrogens with two attached hydrogens (primary N) is 1. The molecule has 2 N–H and O–H groups in total. The molecule has 0 fully saturated rings. The number of benzene rings is 3. The molecule has 0 radical (unpaired) electrons. The molecule has 0 aliphatic carbocycles.